The Kier molecular flexibility index (Phi) is 5.86. The quantitative estimate of drug-likeness (QED) is 0.347. The number of aliphatic hydroxyl groups is 3. The van der Waals surface area contributed by atoms with Gasteiger partial charge in [-0.1, -0.05) is 6.07 Å². The second-order valence-electron chi connectivity index (χ2n) is 6.04. The van der Waals surface area contributed by atoms with Crippen molar-refractivity contribution < 1.29 is 44.6 Å². The van der Waals surface area contributed by atoms with Crippen LogP contribution in [-0.4, -0.2) is 68.5 Å². The van der Waals surface area contributed by atoms with Gasteiger partial charge in [0.1, 0.15) is 12.2 Å². The van der Waals surface area contributed by atoms with E-state index in [1.165, 1.54) is 31.4 Å². The van der Waals surface area contributed by atoms with E-state index in [9.17, 15) is 30.0 Å². The first-order valence-electron chi connectivity index (χ1n) is 7.74. The zero-order valence-electron chi connectivity index (χ0n) is 13.9. The first-order chi connectivity index (χ1) is 12.2. The third kappa shape index (κ3) is 4.31. The van der Waals surface area contributed by atoms with Crippen LogP contribution in [0.5, 0.6) is 11.5 Å². The zero-order chi connectivity index (χ0) is 19.5. The Labute approximate surface area is 148 Å². The van der Waals surface area contributed by atoms with Gasteiger partial charge in [-0.15, -0.1) is 0 Å². The van der Waals surface area contributed by atoms with Gasteiger partial charge in [0.2, 0.25) is 0 Å². The molecule has 4 atom stereocenters. The van der Waals surface area contributed by atoms with Gasteiger partial charge in [0.15, 0.2) is 17.1 Å². The Hall–Kier alpha value is -2.62. The van der Waals surface area contributed by atoms with E-state index in [1.807, 2.05) is 0 Å². The van der Waals surface area contributed by atoms with Crippen LogP contribution in [0.2, 0.25) is 0 Å². The van der Waals surface area contributed by atoms with Gasteiger partial charge >= 0.3 is 11.9 Å². The molecule has 5 N–H and O–H groups in total. The van der Waals surface area contributed by atoms with Crippen molar-refractivity contribution in [2.45, 2.75) is 36.8 Å². The number of ether oxygens (including phenoxy) is 2. The number of carbonyl (C=O) groups is 2. The maximum atomic E-state index is 11.9. The zero-order valence-corrected chi connectivity index (χ0v) is 13.9. The summed E-state index contributed by atoms with van der Waals surface area (Å²) in [7, 11) is 1.37. The number of carboxylic acid groups (broad SMARTS) is 1. The number of carbonyl (C=O) groups excluding carboxylic acids is 1. The molecule has 2 rings (SSSR count). The van der Waals surface area contributed by atoms with E-state index in [1.54, 1.807) is 0 Å². The number of aliphatic hydroxyl groups excluding tert-OH is 2. The normalized spacial score (nSPS) is 28.7. The van der Waals surface area contributed by atoms with Crippen LogP contribution in [0.3, 0.4) is 0 Å². The Bertz CT molecular complexity index is 714. The van der Waals surface area contributed by atoms with Crippen LogP contribution >= 0.6 is 0 Å². The second kappa shape index (κ2) is 7.73. The van der Waals surface area contributed by atoms with Crippen molar-refractivity contribution in [2.24, 2.45) is 0 Å². The summed E-state index contributed by atoms with van der Waals surface area (Å²) in [6.45, 7) is 0. The highest BCUT2D eigenvalue weighted by Gasteiger charge is 2.50. The molecular formula is C17H20O9. The van der Waals surface area contributed by atoms with Crippen molar-refractivity contribution in [1.82, 2.24) is 0 Å². The molecule has 1 fully saturated rings. The van der Waals surface area contributed by atoms with E-state index >= 15 is 0 Å². The van der Waals surface area contributed by atoms with E-state index in [4.69, 9.17) is 14.6 Å². The second-order valence-corrected chi connectivity index (χ2v) is 6.04. The highest BCUT2D eigenvalue weighted by molar-refractivity contribution is 5.87. The number of benzene rings is 1. The fraction of sp³-hybridized carbons (Fsp3) is 0.412. The molecule has 0 spiro atoms. The number of esters is 1. The summed E-state index contributed by atoms with van der Waals surface area (Å²) in [4.78, 5) is 23.1. The minimum atomic E-state index is -2.29. The topological polar surface area (TPSA) is 154 Å². The molecule has 1 aromatic carbocycles. The van der Waals surface area contributed by atoms with Gasteiger partial charge in [-0.25, -0.2) is 9.59 Å². The van der Waals surface area contributed by atoms with Crippen LogP contribution in [0, 0.1) is 0 Å². The lowest BCUT2D eigenvalue weighted by Gasteiger charge is -2.39. The number of methoxy groups -OCH3 is 1. The number of carboxylic acids is 1. The lowest BCUT2D eigenvalue weighted by molar-refractivity contribution is -0.196. The Morgan fingerprint density at radius 1 is 1.27 bits per heavy atom. The van der Waals surface area contributed by atoms with Crippen molar-refractivity contribution >= 4 is 18.0 Å². The molecule has 26 heavy (non-hydrogen) atoms. The molecule has 1 aliphatic rings. The predicted molar refractivity (Wildman–Crippen MR) is 87.4 cm³/mol. The van der Waals surface area contributed by atoms with Crippen molar-refractivity contribution in [3.63, 3.8) is 0 Å². The Morgan fingerprint density at radius 2 is 1.96 bits per heavy atom. The van der Waals surface area contributed by atoms with E-state index in [-0.39, 0.29) is 11.5 Å². The third-order valence-electron chi connectivity index (χ3n) is 4.14. The van der Waals surface area contributed by atoms with Crippen molar-refractivity contribution in [3.8, 4) is 11.5 Å². The molecule has 9 heteroatoms. The SMILES string of the molecule is COc1cc(/C=C\C(=O)O[C@@H]2C[C@@](O)(C(=O)O)C[C@@H](O)[C@H]2O)ccc1O. The lowest BCUT2D eigenvalue weighted by Crippen LogP contribution is -2.57. The van der Waals surface area contributed by atoms with Crippen molar-refractivity contribution in [2.75, 3.05) is 7.11 Å². The molecule has 0 bridgehead atoms. The van der Waals surface area contributed by atoms with Gasteiger partial charge in [-0.2, -0.15) is 0 Å². The number of hydrogen-bond acceptors (Lipinski definition) is 8. The molecule has 9 nitrogen and oxygen atoms in total. The number of aliphatic carboxylic acids is 1. The van der Waals surface area contributed by atoms with Gasteiger partial charge in [0.05, 0.1) is 13.2 Å². The average molecular weight is 368 g/mol. The molecular weight excluding hydrogens is 348 g/mol. The first-order valence-corrected chi connectivity index (χ1v) is 7.74. The number of phenols is 1. The van der Waals surface area contributed by atoms with Crippen molar-refractivity contribution in [3.05, 3.63) is 29.8 Å². The number of phenolic OH excluding ortho intramolecular Hbond substituents is 1. The van der Waals surface area contributed by atoms with Gasteiger partial charge in [0.25, 0.3) is 0 Å². The van der Waals surface area contributed by atoms with Crippen LogP contribution in [0.25, 0.3) is 6.08 Å². The molecule has 0 saturated heterocycles. The molecule has 1 aromatic rings. The van der Waals surface area contributed by atoms with Gasteiger partial charge in [-0.05, 0) is 23.8 Å². The lowest BCUT2D eigenvalue weighted by atomic mass is 9.79. The standard InChI is InChI=1S/C17H20O9/c1-25-12-6-9(2-4-10(12)18)3-5-14(20)26-13-8-17(24,16(22)23)7-11(19)15(13)21/h2-6,11,13,15,18-19,21,24H,7-8H2,1H3,(H,22,23)/b5-3-/t11-,13-,15-,17-/m1/s1. The van der Waals surface area contributed by atoms with Gasteiger partial charge < -0.3 is 35.0 Å². The Balaban J connectivity index is 2.07. The molecule has 142 valence electrons. The van der Waals surface area contributed by atoms with Crippen LogP contribution in [0.1, 0.15) is 18.4 Å². The molecule has 0 aliphatic heterocycles. The number of hydrogen-bond donors (Lipinski definition) is 5. The predicted octanol–water partition coefficient (Wildman–Crippen LogP) is -0.343. The summed E-state index contributed by atoms with van der Waals surface area (Å²) < 4.78 is 9.92. The smallest absolute Gasteiger partial charge is 0.335 e. The summed E-state index contributed by atoms with van der Waals surface area (Å²) >= 11 is 0. The summed E-state index contributed by atoms with van der Waals surface area (Å²) in [6.07, 6.45) is -3.17. The number of rotatable bonds is 5. The van der Waals surface area contributed by atoms with Crippen LogP contribution in [-0.2, 0) is 14.3 Å². The molecule has 0 heterocycles. The molecule has 0 aromatic heterocycles. The monoisotopic (exact) mass is 368 g/mol. The third-order valence-corrected chi connectivity index (χ3v) is 4.14. The largest absolute Gasteiger partial charge is 0.504 e. The highest BCUT2D eigenvalue weighted by Crippen LogP contribution is 2.31. The summed E-state index contributed by atoms with van der Waals surface area (Å²) in [5.41, 5.74) is -1.78. The summed E-state index contributed by atoms with van der Waals surface area (Å²) in [6, 6.07) is 4.36. The maximum absolute atomic E-state index is 11.9. The molecule has 1 saturated carbocycles. The summed E-state index contributed by atoms with van der Waals surface area (Å²) in [5, 5.41) is 48.2. The minimum absolute atomic E-state index is 0.0699. The first kappa shape index (κ1) is 19.7. The average Bonchev–Trinajstić information content (AvgIpc) is 2.58. The highest BCUT2D eigenvalue weighted by atomic mass is 16.6. The van der Waals surface area contributed by atoms with Gasteiger partial charge in [-0.3, -0.25) is 0 Å². The fourth-order valence-electron chi connectivity index (χ4n) is 2.69. The maximum Gasteiger partial charge on any atom is 0.335 e. The molecule has 0 unspecified atom stereocenters. The molecule has 0 radical (unpaired) electrons. The minimum Gasteiger partial charge on any atom is -0.504 e. The summed E-state index contributed by atoms with van der Waals surface area (Å²) in [5.74, 6) is -2.34. The van der Waals surface area contributed by atoms with E-state index in [2.05, 4.69) is 0 Å². The van der Waals surface area contributed by atoms with E-state index in [0.29, 0.717) is 5.56 Å². The van der Waals surface area contributed by atoms with Gasteiger partial charge in [0, 0.05) is 18.9 Å². The van der Waals surface area contributed by atoms with Crippen LogP contribution < -0.4 is 4.74 Å². The van der Waals surface area contributed by atoms with E-state index < -0.39 is 48.7 Å². The Morgan fingerprint density at radius 3 is 2.58 bits per heavy atom. The molecule has 1 aliphatic carbocycles. The number of aromatic hydroxyl groups is 1. The van der Waals surface area contributed by atoms with Crippen molar-refractivity contribution in [1.29, 1.82) is 0 Å². The molecule has 0 amide bonds. The van der Waals surface area contributed by atoms with Crippen LogP contribution in [0.4, 0.5) is 0 Å². The fourth-order valence-corrected chi connectivity index (χ4v) is 2.69. The van der Waals surface area contributed by atoms with E-state index in [0.717, 1.165) is 6.08 Å². The van der Waals surface area contributed by atoms with Crippen LogP contribution in [0.15, 0.2) is 24.3 Å².